The summed E-state index contributed by atoms with van der Waals surface area (Å²) in [7, 11) is 0. The van der Waals surface area contributed by atoms with Crippen LogP contribution in [0.2, 0.25) is 0 Å². The van der Waals surface area contributed by atoms with E-state index in [9.17, 15) is 0 Å². The van der Waals surface area contributed by atoms with Crippen LogP contribution in [0.5, 0.6) is 23.0 Å². The van der Waals surface area contributed by atoms with E-state index in [1.807, 2.05) is 78.9 Å². The number of nitrogens with zero attached hydrogens (tertiary/aromatic N) is 6. The Morgan fingerprint density at radius 2 is 0.429 bits per heavy atom. The van der Waals surface area contributed by atoms with Crippen LogP contribution in [0.1, 0.15) is 44.5 Å². The van der Waals surface area contributed by atoms with Crippen molar-refractivity contribution in [3.05, 3.63) is 433 Å². The molecular weight excluding hydrogens is 1370 g/mol. The van der Waals surface area contributed by atoms with Crippen LogP contribution in [0.25, 0.3) is 146 Å². The molecule has 112 heavy (non-hydrogen) atoms. The molecule has 522 valence electrons. The van der Waals surface area contributed by atoms with Gasteiger partial charge in [0.05, 0.1) is 10.8 Å². The van der Waals surface area contributed by atoms with Crippen LogP contribution in [0.3, 0.4) is 0 Å². The maximum Gasteiger partial charge on any atom is 0.164 e. The summed E-state index contributed by atoms with van der Waals surface area (Å²) < 4.78 is 14.2. The molecule has 2 aromatic heterocycles. The second-order valence-electron chi connectivity index (χ2n) is 29.0. The van der Waals surface area contributed by atoms with Gasteiger partial charge in [-0.05, 0) is 143 Å². The van der Waals surface area contributed by atoms with Crippen molar-refractivity contribution in [2.45, 2.75) is 10.8 Å². The molecule has 18 aromatic rings. The fourth-order valence-electron chi connectivity index (χ4n) is 18.1. The molecule has 2 aliphatic heterocycles. The fraction of sp³-hybridized carbons (Fsp3) is 0.0192. The smallest absolute Gasteiger partial charge is 0.164 e. The van der Waals surface area contributed by atoms with Crippen LogP contribution in [-0.2, 0) is 10.8 Å². The second-order valence-corrected chi connectivity index (χ2v) is 29.0. The molecule has 8 heteroatoms. The number of fused-ring (bicyclic) bond motifs is 18. The van der Waals surface area contributed by atoms with E-state index < -0.39 is 10.8 Å². The predicted octanol–water partition coefficient (Wildman–Crippen LogP) is 25.3. The molecule has 0 radical (unpaired) electrons. The third-order valence-electron chi connectivity index (χ3n) is 23.0. The number of rotatable bonds is 11. The molecular formula is C104H64N6O2. The number of benzene rings is 16. The zero-order chi connectivity index (χ0) is 73.9. The van der Waals surface area contributed by atoms with Gasteiger partial charge in [0.15, 0.2) is 34.9 Å². The minimum Gasteiger partial charge on any atom is -0.457 e. The van der Waals surface area contributed by atoms with E-state index in [0.29, 0.717) is 34.9 Å². The maximum absolute atomic E-state index is 7.32. The summed E-state index contributed by atoms with van der Waals surface area (Å²) >= 11 is 0. The van der Waals surface area contributed by atoms with Gasteiger partial charge in [-0.2, -0.15) is 0 Å². The van der Waals surface area contributed by atoms with Crippen molar-refractivity contribution < 1.29 is 9.47 Å². The van der Waals surface area contributed by atoms with Crippen LogP contribution in [0.4, 0.5) is 0 Å². The first-order valence-electron chi connectivity index (χ1n) is 38.0. The first-order valence-corrected chi connectivity index (χ1v) is 38.0. The Bertz CT molecular complexity index is 6690. The molecule has 2 spiro atoms. The van der Waals surface area contributed by atoms with Gasteiger partial charge in [0.25, 0.3) is 0 Å². The summed E-state index contributed by atoms with van der Waals surface area (Å²) in [5.74, 6) is 6.84. The fourth-order valence-corrected chi connectivity index (χ4v) is 18.1. The Hall–Kier alpha value is -14.9. The summed E-state index contributed by atoms with van der Waals surface area (Å²) in [6, 6.07) is 138. The van der Waals surface area contributed by atoms with Crippen LogP contribution in [0, 0.1) is 0 Å². The lowest BCUT2D eigenvalue weighted by Crippen LogP contribution is -2.32. The maximum atomic E-state index is 7.32. The van der Waals surface area contributed by atoms with Crippen molar-refractivity contribution in [2.75, 3.05) is 0 Å². The third-order valence-corrected chi connectivity index (χ3v) is 23.0. The molecule has 22 rings (SSSR count). The Labute approximate surface area is 648 Å². The monoisotopic (exact) mass is 1430 g/mol. The van der Waals surface area contributed by atoms with E-state index in [1.54, 1.807) is 0 Å². The summed E-state index contributed by atoms with van der Waals surface area (Å²) in [5.41, 5.74) is 28.7. The number of ether oxygens (including phenoxy) is 2. The minimum atomic E-state index is -0.740. The first-order chi connectivity index (χ1) is 55.5. The van der Waals surface area contributed by atoms with Crippen LogP contribution < -0.4 is 9.47 Å². The van der Waals surface area contributed by atoms with E-state index in [0.717, 1.165) is 134 Å². The molecule has 4 heterocycles. The van der Waals surface area contributed by atoms with E-state index in [-0.39, 0.29) is 0 Å². The summed E-state index contributed by atoms with van der Waals surface area (Å²) in [4.78, 5) is 31.3. The van der Waals surface area contributed by atoms with Gasteiger partial charge in [-0.25, -0.2) is 29.9 Å². The van der Waals surface area contributed by atoms with Gasteiger partial charge in [0.2, 0.25) is 0 Å². The molecule has 2 aliphatic carbocycles. The largest absolute Gasteiger partial charge is 0.457 e. The zero-order valence-electron chi connectivity index (χ0n) is 60.5. The molecule has 16 aromatic carbocycles. The van der Waals surface area contributed by atoms with Crippen molar-refractivity contribution in [3.63, 3.8) is 0 Å². The zero-order valence-corrected chi connectivity index (χ0v) is 60.5. The molecule has 8 nitrogen and oxygen atoms in total. The van der Waals surface area contributed by atoms with Crippen molar-refractivity contribution in [2.24, 2.45) is 0 Å². The van der Waals surface area contributed by atoms with Crippen LogP contribution >= 0.6 is 0 Å². The van der Waals surface area contributed by atoms with E-state index in [2.05, 4.69) is 309 Å². The van der Waals surface area contributed by atoms with Gasteiger partial charge in [-0.1, -0.05) is 346 Å². The Morgan fingerprint density at radius 3 is 0.902 bits per heavy atom. The number of hydrogen-bond donors (Lipinski definition) is 0. The summed E-state index contributed by atoms with van der Waals surface area (Å²) in [5, 5.41) is 0. The predicted molar refractivity (Wildman–Crippen MR) is 448 cm³/mol. The first kappa shape index (κ1) is 64.3. The molecule has 0 saturated carbocycles. The number of hydrogen-bond acceptors (Lipinski definition) is 8. The normalized spacial score (nSPS) is 13.1. The van der Waals surface area contributed by atoms with E-state index >= 15 is 0 Å². The topological polar surface area (TPSA) is 95.8 Å². The highest BCUT2D eigenvalue weighted by molar-refractivity contribution is 5.96. The molecule has 0 N–H and O–H groups in total. The third kappa shape index (κ3) is 10.2. The van der Waals surface area contributed by atoms with Gasteiger partial charge in [-0.3, -0.25) is 0 Å². The van der Waals surface area contributed by atoms with Gasteiger partial charge in [0.1, 0.15) is 23.0 Å². The Kier molecular flexibility index (Phi) is 14.9. The highest BCUT2D eigenvalue weighted by Gasteiger charge is 2.53. The van der Waals surface area contributed by atoms with Gasteiger partial charge >= 0.3 is 0 Å². The van der Waals surface area contributed by atoms with Gasteiger partial charge in [-0.15, -0.1) is 0 Å². The average molecular weight is 1430 g/mol. The van der Waals surface area contributed by atoms with Crippen molar-refractivity contribution in [1.82, 2.24) is 29.9 Å². The summed E-state index contributed by atoms with van der Waals surface area (Å²) in [6.45, 7) is 0. The average Bonchev–Trinajstić information content (AvgIpc) is 1.52. The van der Waals surface area contributed by atoms with Crippen molar-refractivity contribution in [3.8, 4) is 169 Å². The minimum absolute atomic E-state index is 0.567. The quantitative estimate of drug-likeness (QED) is 0.126. The lowest BCUT2D eigenvalue weighted by atomic mass is 9.65. The second kappa shape index (κ2) is 25.9. The standard InChI is InChI=1S/C104H64N6O2/c1-4-27-66(28-5-1)97-105-100(108-101(107-97)74-34-26-33-71(61-74)75-35-10-11-36-76(75)72-56-59-94-91(62-72)103(89-49-24-25-50-93(89)111-94)85-45-20-16-40-80(85)81-41-17-21-46-86(81)103)69-53-51-65(52-54-69)70-55-58-90-96(64-70)112-95-60-57-73(63-92(95)104(90)87-47-22-18-42-82(87)83-43-19-23-48-88(83)104)77-37-12-13-38-78(77)79-39-14-15-44-84(79)102-109-98(67-29-6-2-7-30-67)106-99(110-102)68-31-8-3-9-32-68/h1-64H. The number of aromatic nitrogens is 6. The molecule has 0 atom stereocenters. The molecule has 0 amide bonds. The number of para-hydroxylation sites is 1. The summed E-state index contributed by atoms with van der Waals surface area (Å²) in [6.07, 6.45) is 0. The van der Waals surface area contributed by atoms with Gasteiger partial charge in [0, 0.05) is 55.6 Å². The van der Waals surface area contributed by atoms with Crippen molar-refractivity contribution in [1.29, 1.82) is 0 Å². The molecule has 0 saturated heterocycles. The lowest BCUT2D eigenvalue weighted by Gasteiger charge is -2.40. The molecule has 4 aliphatic rings. The van der Waals surface area contributed by atoms with E-state index in [1.165, 1.54) is 44.5 Å². The van der Waals surface area contributed by atoms with Crippen LogP contribution in [0.15, 0.2) is 388 Å². The lowest BCUT2D eigenvalue weighted by molar-refractivity contribution is 0.436. The Morgan fingerprint density at radius 1 is 0.143 bits per heavy atom. The van der Waals surface area contributed by atoms with Gasteiger partial charge < -0.3 is 9.47 Å². The molecule has 0 bridgehead atoms. The van der Waals surface area contributed by atoms with Crippen molar-refractivity contribution >= 4 is 0 Å². The molecule has 0 unspecified atom stereocenters. The highest BCUT2D eigenvalue weighted by Crippen LogP contribution is 2.65. The van der Waals surface area contributed by atoms with E-state index in [4.69, 9.17) is 39.4 Å². The highest BCUT2D eigenvalue weighted by atomic mass is 16.5. The van der Waals surface area contributed by atoms with Crippen LogP contribution in [-0.4, -0.2) is 29.9 Å². The Balaban J connectivity index is 0.614. The SMILES string of the molecule is c1ccc(-c2nc(-c3ccc(-c4ccc5c(c4)Oc4ccc(-c6ccccc6-c6ccccc6-c6nc(-c7ccccc7)nc(-c7ccccc7)n6)cc4C54c5ccccc5-c5ccccc54)cc3)nc(-c3cccc(-c4ccccc4-c4ccc5c(c4)C4(c6ccccc6O5)c5ccccc5-c5ccccc54)c3)n2)cc1. The molecule has 0 fully saturated rings.